The molecule has 0 amide bonds. The van der Waals surface area contributed by atoms with Crippen LogP contribution in [0, 0.1) is 12.5 Å². The molecule has 0 aliphatic rings. The summed E-state index contributed by atoms with van der Waals surface area (Å²) >= 11 is 0. The first-order valence-electron chi connectivity index (χ1n) is 7.56. The van der Waals surface area contributed by atoms with Crippen molar-refractivity contribution in [1.29, 1.82) is 5.53 Å². The Morgan fingerprint density at radius 3 is 2.71 bits per heavy atom. The number of hydrogen-bond donors (Lipinski definition) is 1. The first-order chi connectivity index (χ1) is 10.1. The van der Waals surface area contributed by atoms with Crippen LogP contribution in [0.4, 0.5) is 5.82 Å². The Balaban J connectivity index is 2.68. The zero-order valence-corrected chi connectivity index (χ0v) is 13.3. The smallest absolute Gasteiger partial charge is 0.132 e. The Labute approximate surface area is 126 Å². The fourth-order valence-electron chi connectivity index (χ4n) is 2.67. The molecular formula is C17H24N4. The highest BCUT2D eigenvalue weighted by molar-refractivity contribution is 5.84. The van der Waals surface area contributed by atoms with Gasteiger partial charge >= 0.3 is 0 Å². The molecule has 1 aromatic carbocycles. The highest BCUT2D eigenvalue weighted by Crippen LogP contribution is 2.32. The van der Waals surface area contributed by atoms with Crippen LogP contribution in [0.2, 0.25) is 0 Å². The Morgan fingerprint density at radius 2 is 2.10 bits per heavy atom. The highest BCUT2D eigenvalue weighted by Gasteiger charge is 2.18. The summed E-state index contributed by atoms with van der Waals surface area (Å²) in [5, 5.41) is 4.78. The molecule has 1 N–H and O–H groups in total. The SMILES string of the molecule is CCC(CN=N)c1cc2cccc(C)c2nc1N(C)CC. The number of aromatic nitrogens is 1. The van der Waals surface area contributed by atoms with Gasteiger partial charge in [-0.1, -0.05) is 25.1 Å². The second-order valence-corrected chi connectivity index (χ2v) is 5.51. The van der Waals surface area contributed by atoms with Gasteiger partial charge in [0.2, 0.25) is 0 Å². The Bertz CT molecular complexity index is 636. The molecule has 1 atom stereocenters. The minimum atomic E-state index is 0.254. The molecule has 4 heteroatoms. The lowest BCUT2D eigenvalue weighted by Gasteiger charge is -2.24. The van der Waals surface area contributed by atoms with E-state index in [4.69, 9.17) is 10.5 Å². The summed E-state index contributed by atoms with van der Waals surface area (Å²) in [6, 6.07) is 8.51. The van der Waals surface area contributed by atoms with E-state index in [1.54, 1.807) is 0 Å². The van der Waals surface area contributed by atoms with E-state index in [-0.39, 0.29) is 5.92 Å². The largest absolute Gasteiger partial charge is 0.360 e. The summed E-state index contributed by atoms with van der Waals surface area (Å²) < 4.78 is 0. The van der Waals surface area contributed by atoms with E-state index in [9.17, 15) is 0 Å². The third-order valence-corrected chi connectivity index (χ3v) is 4.14. The van der Waals surface area contributed by atoms with Crippen LogP contribution in [0.1, 0.15) is 37.3 Å². The van der Waals surface area contributed by atoms with Gasteiger partial charge in [0.05, 0.1) is 12.1 Å². The van der Waals surface area contributed by atoms with Crippen LogP contribution in [-0.2, 0) is 0 Å². The van der Waals surface area contributed by atoms with E-state index in [0.717, 1.165) is 24.3 Å². The number of hydrogen-bond acceptors (Lipinski definition) is 4. The topological polar surface area (TPSA) is 52.3 Å². The van der Waals surface area contributed by atoms with Gasteiger partial charge in [-0.3, -0.25) is 0 Å². The van der Waals surface area contributed by atoms with Crippen molar-refractivity contribution in [3.63, 3.8) is 0 Å². The van der Waals surface area contributed by atoms with Gasteiger partial charge in [-0.05, 0) is 31.9 Å². The van der Waals surface area contributed by atoms with Crippen LogP contribution in [0.3, 0.4) is 0 Å². The zero-order chi connectivity index (χ0) is 15.4. The Hall–Kier alpha value is -1.97. The predicted molar refractivity (Wildman–Crippen MR) is 88.5 cm³/mol. The third-order valence-electron chi connectivity index (χ3n) is 4.14. The maximum Gasteiger partial charge on any atom is 0.132 e. The quantitative estimate of drug-likeness (QED) is 0.793. The summed E-state index contributed by atoms with van der Waals surface area (Å²) in [5.41, 5.74) is 10.7. The van der Waals surface area contributed by atoms with Crippen LogP contribution >= 0.6 is 0 Å². The molecule has 0 aliphatic carbocycles. The molecule has 2 rings (SSSR count). The summed E-state index contributed by atoms with van der Waals surface area (Å²) in [6.45, 7) is 7.81. The number of rotatable bonds is 6. The maximum absolute atomic E-state index is 7.20. The molecule has 1 unspecified atom stereocenters. The van der Waals surface area contributed by atoms with Gasteiger partial charge in [0, 0.05) is 30.5 Å². The standard InChI is InChI=1S/C17H24N4/c1-5-13(11-19-18)15-10-14-9-7-8-12(3)16(14)20-17(15)21(4)6-2/h7-10,13,18H,5-6,11H2,1-4H3. The van der Waals surface area contributed by atoms with Crippen molar-refractivity contribution in [3.05, 3.63) is 35.4 Å². The highest BCUT2D eigenvalue weighted by atomic mass is 15.2. The van der Waals surface area contributed by atoms with Gasteiger partial charge in [-0.2, -0.15) is 5.11 Å². The molecule has 0 bridgehead atoms. The van der Waals surface area contributed by atoms with Gasteiger partial charge in [0.1, 0.15) is 5.82 Å². The van der Waals surface area contributed by atoms with E-state index in [0.29, 0.717) is 6.54 Å². The van der Waals surface area contributed by atoms with Crippen molar-refractivity contribution in [2.45, 2.75) is 33.1 Å². The number of para-hydroxylation sites is 1. The molecule has 112 valence electrons. The molecule has 1 heterocycles. The van der Waals surface area contributed by atoms with E-state index in [1.165, 1.54) is 16.5 Å². The van der Waals surface area contributed by atoms with Crippen LogP contribution in [0.15, 0.2) is 29.4 Å². The molecule has 0 radical (unpaired) electrons. The van der Waals surface area contributed by atoms with Crippen molar-refractivity contribution in [3.8, 4) is 0 Å². The monoisotopic (exact) mass is 284 g/mol. The first-order valence-corrected chi connectivity index (χ1v) is 7.56. The lowest BCUT2D eigenvalue weighted by Crippen LogP contribution is -2.21. The van der Waals surface area contributed by atoms with Gasteiger partial charge < -0.3 is 4.90 Å². The van der Waals surface area contributed by atoms with Crippen molar-refractivity contribution < 1.29 is 0 Å². The van der Waals surface area contributed by atoms with Crippen LogP contribution in [0.5, 0.6) is 0 Å². The molecule has 0 saturated heterocycles. The lowest BCUT2D eigenvalue weighted by molar-refractivity contribution is 0.646. The van der Waals surface area contributed by atoms with E-state index < -0.39 is 0 Å². The molecular weight excluding hydrogens is 260 g/mol. The zero-order valence-electron chi connectivity index (χ0n) is 13.3. The van der Waals surface area contributed by atoms with Crippen molar-refractivity contribution in [1.82, 2.24) is 4.98 Å². The maximum atomic E-state index is 7.20. The van der Waals surface area contributed by atoms with Crippen molar-refractivity contribution in [2.75, 3.05) is 25.0 Å². The molecule has 4 nitrogen and oxygen atoms in total. The summed E-state index contributed by atoms with van der Waals surface area (Å²) in [6.07, 6.45) is 0.964. The summed E-state index contributed by atoms with van der Waals surface area (Å²) in [4.78, 5) is 7.09. The van der Waals surface area contributed by atoms with Crippen LogP contribution in [0.25, 0.3) is 10.9 Å². The molecule has 0 aliphatic heterocycles. The molecule has 0 saturated carbocycles. The van der Waals surface area contributed by atoms with E-state index in [1.807, 2.05) is 0 Å². The fourth-order valence-corrected chi connectivity index (χ4v) is 2.67. The molecule has 2 aromatic rings. The molecule has 0 spiro atoms. The van der Waals surface area contributed by atoms with E-state index >= 15 is 0 Å². The first kappa shape index (κ1) is 15.4. The van der Waals surface area contributed by atoms with Crippen LogP contribution < -0.4 is 4.90 Å². The molecule has 21 heavy (non-hydrogen) atoms. The number of aryl methyl sites for hydroxylation is 1. The number of nitrogens with one attached hydrogen (secondary N) is 1. The Morgan fingerprint density at radius 1 is 1.33 bits per heavy atom. The van der Waals surface area contributed by atoms with Crippen LogP contribution in [-0.4, -0.2) is 25.1 Å². The second-order valence-electron chi connectivity index (χ2n) is 5.51. The van der Waals surface area contributed by atoms with Crippen molar-refractivity contribution in [2.24, 2.45) is 5.11 Å². The third kappa shape index (κ3) is 3.04. The lowest BCUT2D eigenvalue weighted by atomic mass is 9.94. The second kappa shape index (κ2) is 6.66. The predicted octanol–water partition coefficient (Wildman–Crippen LogP) is 4.52. The summed E-state index contributed by atoms with van der Waals surface area (Å²) in [7, 11) is 2.07. The number of anilines is 1. The van der Waals surface area contributed by atoms with Gasteiger partial charge in [-0.15, -0.1) is 0 Å². The minimum absolute atomic E-state index is 0.254. The number of benzene rings is 1. The van der Waals surface area contributed by atoms with Crippen molar-refractivity contribution >= 4 is 16.7 Å². The fraction of sp³-hybridized carbons (Fsp3) is 0.471. The normalized spacial score (nSPS) is 12.4. The Kier molecular flexibility index (Phi) is 4.89. The number of nitrogens with zero attached hydrogens (tertiary/aromatic N) is 3. The van der Waals surface area contributed by atoms with Gasteiger partial charge in [0.15, 0.2) is 0 Å². The van der Waals surface area contributed by atoms with Gasteiger partial charge in [0.25, 0.3) is 0 Å². The summed E-state index contributed by atoms with van der Waals surface area (Å²) in [5.74, 6) is 1.28. The average Bonchev–Trinajstić information content (AvgIpc) is 2.51. The number of pyridine rings is 1. The number of fused-ring (bicyclic) bond motifs is 1. The minimum Gasteiger partial charge on any atom is -0.360 e. The van der Waals surface area contributed by atoms with Gasteiger partial charge in [-0.25, -0.2) is 10.5 Å². The molecule has 0 fully saturated rings. The molecule has 1 aromatic heterocycles. The van der Waals surface area contributed by atoms with E-state index in [2.05, 4.69) is 62.1 Å². The average molecular weight is 284 g/mol.